The maximum atomic E-state index is 13.1. The first-order valence-corrected chi connectivity index (χ1v) is 10.6. The van der Waals surface area contributed by atoms with Crippen LogP contribution in [-0.2, 0) is 26.2 Å². The number of ketones is 1. The molecule has 2 aromatic rings. The third kappa shape index (κ3) is 4.46. The summed E-state index contributed by atoms with van der Waals surface area (Å²) in [7, 11) is -3.74. The standard InChI is InChI=1S/C21H25NO4S/c1-3-21(26-15-17-7-5-4-6-8-17)20-13-18(23)14-22(20)27(24,25)19-11-9-16(2)10-12-19/h4-12,20-21H,3,13-15H2,1-2H3/t20-,21+/m0/s1. The predicted molar refractivity (Wildman–Crippen MR) is 104 cm³/mol. The molecule has 2 atom stereocenters. The zero-order valence-electron chi connectivity index (χ0n) is 15.7. The number of ether oxygens (including phenoxy) is 1. The molecule has 0 N–H and O–H groups in total. The summed E-state index contributed by atoms with van der Waals surface area (Å²) in [6.07, 6.45) is 0.486. The van der Waals surface area contributed by atoms with Crippen LogP contribution in [0.25, 0.3) is 0 Å². The average Bonchev–Trinajstić information content (AvgIpc) is 3.06. The normalized spacial score (nSPS) is 19.3. The molecular weight excluding hydrogens is 362 g/mol. The van der Waals surface area contributed by atoms with E-state index in [0.717, 1.165) is 11.1 Å². The van der Waals surface area contributed by atoms with Crippen molar-refractivity contribution in [3.63, 3.8) is 0 Å². The van der Waals surface area contributed by atoms with Crippen molar-refractivity contribution < 1.29 is 17.9 Å². The van der Waals surface area contributed by atoms with Crippen LogP contribution >= 0.6 is 0 Å². The molecule has 1 aliphatic rings. The van der Waals surface area contributed by atoms with Gasteiger partial charge in [-0.1, -0.05) is 55.0 Å². The second-order valence-corrected chi connectivity index (χ2v) is 8.81. The van der Waals surface area contributed by atoms with Gasteiger partial charge in [-0.25, -0.2) is 8.42 Å². The average molecular weight is 388 g/mol. The minimum Gasteiger partial charge on any atom is -0.372 e. The molecule has 6 heteroatoms. The summed E-state index contributed by atoms with van der Waals surface area (Å²) in [5.74, 6) is -0.0718. The monoisotopic (exact) mass is 387 g/mol. The minimum atomic E-state index is -3.74. The molecule has 1 saturated heterocycles. The SMILES string of the molecule is CC[C@@H](OCc1ccccc1)[C@@H]1CC(=O)CN1S(=O)(=O)c1ccc(C)cc1. The van der Waals surface area contributed by atoms with E-state index in [1.54, 1.807) is 24.3 Å². The van der Waals surface area contributed by atoms with E-state index in [9.17, 15) is 13.2 Å². The Kier molecular flexibility index (Phi) is 6.09. The molecule has 1 heterocycles. The van der Waals surface area contributed by atoms with E-state index < -0.39 is 16.1 Å². The topological polar surface area (TPSA) is 63.7 Å². The van der Waals surface area contributed by atoms with Gasteiger partial charge in [0.1, 0.15) is 5.78 Å². The van der Waals surface area contributed by atoms with Crippen LogP contribution in [0.3, 0.4) is 0 Å². The molecule has 5 nitrogen and oxygen atoms in total. The number of benzene rings is 2. The third-order valence-corrected chi connectivity index (χ3v) is 6.79. The van der Waals surface area contributed by atoms with Crippen LogP contribution in [0.4, 0.5) is 0 Å². The Labute approximate surface area is 161 Å². The number of hydrogen-bond acceptors (Lipinski definition) is 4. The van der Waals surface area contributed by atoms with Crippen LogP contribution < -0.4 is 0 Å². The van der Waals surface area contributed by atoms with E-state index in [2.05, 4.69) is 0 Å². The van der Waals surface area contributed by atoms with Gasteiger partial charge in [-0.05, 0) is 31.0 Å². The van der Waals surface area contributed by atoms with Crippen molar-refractivity contribution in [1.82, 2.24) is 4.31 Å². The molecule has 27 heavy (non-hydrogen) atoms. The Morgan fingerprint density at radius 3 is 2.41 bits per heavy atom. The van der Waals surface area contributed by atoms with Gasteiger partial charge in [-0.2, -0.15) is 4.31 Å². The van der Waals surface area contributed by atoms with E-state index in [4.69, 9.17) is 4.74 Å². The molecule has 1 fully saturated rings. The first kappa shape index (κ1) is 19.7. The summed E-state index contributed by atoms with van der Waals surface area (Å²) in [5, 5.41) is 0. The Bertz CT molecular complexity index is 878. The Balaban J connectivity index is 1.81. The Morgan fingerprint density at radius 2 is 1.78 bits per heavy atom. The van der Waals surface area contributed by atoms with E-state index in [-0.39, 0.29) is 29.7 Å². The number of hydrogen-bond donors (Lipinski definition) is 0. The number of carbonyl (C=O) groups excluding carboxylic acids is 1. The van der Waals surface area contributed by atoms with Gasteiger partial charge in [0.05, 0.1) is 30.2 Å². The fraction of sp³-hybridized carbons (Fsp3) is 0.381. The Morgan fingerprint density at radius 1 is 1.11 bits per heavy atom. The van der Waals surface area contributed by atoms with Crippen molar-refractivity contribution in [2.75, 3.05) is 6.54 Å². The molecule has 0 radical (unpaired) electrons. The molecule has 0 saturated carbocycles. The molecule has 2 aromatic carbocycles. The first-order valence-electron chi connectivity index (χ1n) is 9.17. The van der Waals surface area contributed by atoms with Crippen LogP contribution in [-0.4, -0.2) is 37.2 Å². The molecule has 0 spiro atoms. The summed E-state index contributed by atoms with van der Waals surface area (Å²) in [4.78, 5) is 12.3. The Hall–Kier alpha value is -2.02. The van der Waals surface area contributed by atoms with Crippen LogP contribution in [0, 0.1) is 6.92 Å². The highest BCUT2D eigenvalue weighted by atomic mass is 32.2. The molecule has 0 aliphatic carbocycles. The zero-order valence-corrected chi connectivity index (χ0v) is 16.5. The second-order valence-electron chi connectivity index (χ2n) is 6.92. The predicted octanol–water partition coefficient (Wildman–Crippen LogP) is 3.32. The summed E-state index contributed by atoms with van der Waals surface area (Å²) in [5.41, 5.74) is 2.01. The molecule has 0 amide bonds. The lowest BCUT2D eigenvalue weighted by Crippen LogP contribution is -2.43. The van der Waals surface area contributed by atoms with Gasteiger partial charge in [0.2, 0.25) is 10.0 Å². The lowest BCUT2D eigenvalue weighted by atomic mass is 10.1. The van der Waals surface area contributed by atoms with Crippen LogP contribution in [0.1, 0.15) is 30.9 Å². The van der Waals surface area contributed by atoms with Gasteiger partial charge in [0, 0.05) is 6.42 Å². The fourth-order valence-electron chi connectivity index (χ4n) is 3.39. The summed E-state index contributed by atoms with van der Waals surface area (Å²) in [6.45, 7) is 4.16. The van der Waals surface area contributed by atoms with Gasteiger partial charge < -0.3 is 4.74 Å². The first-order chi connectivity index (χ1) is 12.9. The van der Waals surface area contributed by atoms with Crippen molar-refractivity contribution in [2.45, 2.75) is 50.3 Å². The lowest BCUT2D eigenvalue weighted by Gasteiger charge is -2.30. The highest BCUT2D eigenvalue weighted by molar-refractivity contribution is 7.89. The van der Waals surface area contributed by atoms with E-state index in [0.29, 0.717) is 13.0 Å². The van der Waals surface area contributed by atoms with Crippen molar-refractivity contribution in [3.8, 4) is 0 Å². The molecular formula is C21H25NO4S. The van der Waals surface area contributed by atoms with Crippen molar-refractivity contribution in [3.05, 3.63) is 65.7 Å². The number of Topliss-reactive ketones (excluding diaryl/α,β-unsaturated/α-hetero) is 1. The lowest BCUT2D eigenvalue weighted by molar-refractivity contribution is -0.116. The maximum Gasteiger partial charge on any atom is 0.243 e. The summed E-state index contributed by atoms with van der Waals surface area (Å²) < 4.78 is 33.6. The third-order valence-electron chi connectivity index (χ3n) is 4.90. The van der Waals surface area contributed by atoms with Crippen molar-refractivity contribution in [1.29, 1.82) is 0 Å². The van der Waals surface area contributed by atoms with E-state index in [1.165, 1.54) is 4.31 Å². The molecule has 0 unspecified atom stereocenters. The molecule has 144 valence electrons. The quantitative estimate of drug-likeness (QED) is 0.731. The largest absolute Gasteiger partial charge is 0.372 e. The smallest absolute Gasteiger partial charge is 0.243 e. The molecule has 0 aromatic heterocycles. The fourth-order valence-corrected chi connectivity index (χ4v) is 5.03. The number of aryl methyl sites for hydroxylation is 1. The van der Waals surface area contributed by atoms with Gasteiger partial charge >= 0.3 is 0 Å². The molecule has 0 bridgehead atoms. The van der Waals surface area contributed by atoms with Gasteiger partial charge in [-0.3, -0.25) is 4.79 Å². The van der Waals surface area contributed by atoms with Gasteiger partial charge in [-0.15, -0.1) is 0 Å². The van der Waals surface area contributed by atoms with Crippen molar-refractivity contribution in [2.24, 2.45) is 0 Å². The van der Waals surface area contributed by atoms with E-state index in [1.807, 2.05) is 44.2 Å². The number of rotatable bonds is 7. The summed E-state index contributed by atoms with van der Waals surface area (Å²) in [6, 6.07) is 16.0. The zero-order chi connectivity index (χ0) is 19.4. The summed E-state index contributed by atoms with van der Waals surface area (Å²) >= 11 is 0. The highest BCUT2D eigenvalue weighted by Gasteiger charge is 2.43. The van der Waals surface area contributed by atoms with E-state index >= 15 is 0 Å². The molecule has 1 aliphatic heterocycles. The van der Waals surface area contributed by atoms with Crippen molar-refractivity contribution >= 4 is 15.8 Å². The van der Waals surface area contributed by atoms with Crippen LogP contribution in [0.5, 0.6) is 0 Å². The van der Waals surface area contributed by atoms with Gasteiger partial charge in [0.25, 0.3) is 0 Å². The number of sulfonamides is 1. The maximum absolute atomic E-state index is 13.1. The van der Waals surface area contributed by atoms with Gasteiger partial charge in [0.15, 0.2) is 0 Å². The number of carbonyl (C=O) groups is 1. The minimum absolute atomic E-state index is 0.0718. The number of nitrogens with zero attached hydrogens (tertiary/aromatic N) is 1. The van der Waals surface area contributed by atoms with Crippen LogP contribution in [0.2, 0.25) is 0 Å². The molecule has 3 rings (SSSR count). The second kappa shape index (κ2) is 8.33. The van der Waals surface area contributed by atoms with Crippen LogP contribution in [0.15, 0.2) is 59.5 Å². The highest BCUT2D eigenvalue weighted by Crippen LogP contribution is 2.29.